The van der Waals surface area contributed by atoms with Crippen molar-refractivity contribution in [2.75, 3.05) is 33.8 Å². The second kappa shape index (κ2) is 7.11. The van der Waals surface area contributed by atoms with Crippen LogP contribution >= 0.6 is 0 Å². The monoisotopic (exact) mass is 245 g/mol. The number of ether oxygens (including phenoxy) is 1. The quantitative estimate of drug-likeness (QED) is 0.679. The van der Waals surface area contributed by atoms with Crippen LogP contribution in [0.25, 0.3) is 0 Å². The van der Waals surface area contributed by atoms with E-state index in [1.54, 1.807) is 14.1 Å². The van der Waals surface area contributed by atoms with Crippen molar-refractivity contribution < 1.29 is 14.3 Å². The average Bonchev–Trinajstić information content (AvgIpc) is 2.20. The van der Waals surface area contributed by atoms with Gasteiger partial charge in [-0.3, -0.25) is 4.79 Å². The van der Waals surface area contributed by atoms with Crippen LogP contribution in [0.4, 0.5) is 4.79 Å². The molecular weight excluding hydrogens is 222 g/mol. The summed E-state index contributed by atoms with van der Waals surface area (Å²) in [6, 6.07) is -0.176. The zero-order valence-corrected chi connectivity index (χ0v) is 11.3. The van der Waals surface area contributed by atoms with Crippen LogP contribution in [0.3, 0.4) is 0 Å². The lowest BCUT2D eigenvalue weighted by atomic mass is 10.2. The Hall–Kier alpha value is -1.30. The lowest BCUT2D eigenvalue weighted by molar-refractivity contribution is -0.130. The Bertz CT molecular complexity index is 259. The van der Waals surface area contributed by atoms with Gasteiger partial charge in [-0.2, -0.15) is 0 Å². The van der Waals surface area contributed by atoms with Crippen molar-refractivity contribution in [3.8, 4) is 0 Å². The second-order valence-electron chi connectivity index (χ2n) is 4.88. The van der Waals surface area contributed by atoms with Gasteiger partial charge in [0, 0.05) is 27.2 Å². The number of nitrogens with one attached hydrogen (secondary N) is 2. The molecule has 0 rings (SSSR count). The molecule has 2 N–H and O–H groups in total. The standard InChI is InChI=1S/C11H23N3O3/c1-11(2,3)17-8-9(15)12-6-7-13-10(16)14(4)5/h6-8H2,1-5H3,(H,12,15)(H,13,16). The summed E-state index contributed by atoms with van der Waals surface area (Å²) in [7, 11) is 3.32. The van der Waals surface area contributed by atoms with E-state index in [0.29, 0.717) is 13.1 Å². The van der Waals surface area contributed by atoms with Gasteiger partial charge in [-0.05, 0) is 20.8 Å². The predicted molar refractivity (Wildman–Crippen MR) is 65.8 cm³/mol. The summed E-state index contributed by atoms with van der Waals surface area (Å²) < 4.78 is 5.30. The number of carbonyl (C=O) groups is 2. The Morgan fingerprint density at radius 2 is 1.65 bits per heavy atom. The zero-order chi connectivity index (χ0) is 13.5. The van der Waals surface area contributed by atoms with Crippen molar-refractivity contribution >= 4 is 11.9 Å². The number of carbonyl (C=O) groups excluding carboxylic acids is 2. The van der Waals surface area contributed by atoms with Gasteiger partial charge in [-0.15, -0.1) is 0 Å². The molecule has 0 radical (unpaired) electrons. The molecule has 0 bridgehead atoms. The highest BCUT2D eigenvalue weighted by molar-refractivity contribution is 5.77. The van der Waals surface area contributed by atoms with Crippen LogP contribution < -0.4 is 10.6 Å². The number of nitrogens with zero attached hydrogens (tertiary/aromatic N) is 1. The summed E-state index contributed by atoms with van der Waals surface area (Å²) in [5.41, 5.74) is -0.323. The molecule has 0 aliphatic carbocycles. The van der Waals surface area contributed by atoms with E-state index < -0.39 is 0 Å². The van der Waals surface area contributed by atoms with E-state index in [1.807, 2.05) is 20.8 Å². The van der Waals surface area contributed by atoms with Crippen molar-refractivity contribution in [2.45, 2.75) is 26.4 Å². The maximum absolute atomic E-state index is 11.3. The third-order valence-electron chi connectivity index (χ3n) is 1.77. The van der Waals surface area contributed by atoms with E-state index in [0.717, 1.165) is 0 Å². The van der Waals surface area contributed by atoms with Crippen molar-refractivity contribution in [3.63, 3.8) is 0 Å². The van der Waals surface area contributed by atoms with Gasteiger partial charge in [0.15, 0.2) is 0 Å². The maximum Gasteiger partial charge on any atom is 0.316 e. The summed E-state index contributed by atoms with van der Waals surface area (Å²) in [6.07, 6.45) is 0. The highest BCUT2D eigenvalue weighted by atomic mass is 16.5. The number of hydrogen-bond donors (Lipinski definition) is 2. The molecule has 0 aromatic rings. The van der Waals surface area contributed by atoms with Crippen LogP contribution in [-0.2, 0) is 9.53 Å². The smallest absolute Gasteiger partial charge is 0.316 e. The summed E-state index contributed by atoms with van der Waals surface area (Å²) in [4.78, 5) is 23.9. The van der Waals surface area contributed by atoms with Crippen LogP contribution in [-0.4, -0.2) is 56.2 Å². The third-order valence-corrected chi connectivity index (χ3v) is 1.77. The number of hydrogen-bond acceptors (Lipinski definition) is 3. The molecule has 3 amide bonds. The summed E-state index contributed by atoms with van der Waals surface area (Å²) >= 11 is 0. The van der Waals surface area contributed by atoms with Crippen LogP contribution in [0, 0.1) is 0 Å². The van der Waals surface area contributed by atoms with Crippen LogP contribution in [0.1, 0.15) is 20.8 Å². The minimum atomic E-state index is -0.323. The molecule has 0 heterocycles. The first kappa shape index (κ1) is 15.7. The molecule has 0 aliphatic rings. The van der Waals surface area contributed by atoms with Gasteiger partial charge in [0.05, 0.1) is 5.60 Å². The van der Waals surface area contributed by atoms with E-state index in [4.69, 9.17) is 4.74 Å². The first-order valence-corrected chi connectivity index (χ1v) is 5.58. The van der Waals surface area contributed by atoms with Crippen molar-refractivity contribution in [1.82, 2.24) is 15.5 Å². The largest absolute Gasteiger partial charge is 0.366 e. The first-order valence-electron chi connectivity index (χ1n) is 5.58. The fraction of sp³-hybridized carbons (Fsp3) is 0.818. The van der Waals surface area contributed by atoms with Crippen LogP contribution in [0.5, 0.6) is 0 Å². The Morgan fingerprint density at radius 3 is 2.12 bits per heavy atom. The van der Waals surface area contributed by atoms with E-state index in [2.05, 4.69) is 10.6 Å². The van der Waals surface area contributed by atoms with Crippen LogP contribution in [0.15, 0.2) is 0 Å². The second-order valence-corrected chi connectivity index (χ2v) is 4.88. The molecular formula is C11H23N3O3. The highest BCUT2D eigenvalue weighted by Gasteiger charge is 2.12. The molecule has 0 aromatic carbocycles. The third kappa shape index (κ3) is 9.62. The summed E-state index contributed by atoms with van der Waals surface area (Å²) in [5, 5.41) is 5.29. The molecule has 6 nitrogen and oxygen atoms in total. The molecule has 0 fully saturated rings. The van der Waals surface area contributed by atoms with E-state index in [9.17, 15) is 9.59 Å². The molecule has 6 heteroatoms. The molecule has 0 aliphatic heterocycles. The van der Waals surface area contributed by atoms with E-state index >= 15 is 0 Å². The van der Waals surface area contributed by atoms with Crippen molar-refractivity contribution in [1.29, 1.82) is 0 Å². The molecule has 100 valence electrons. The fourth-order valence-corrected chi connectivity index (χ4v) is 0.863. The molecule has 0 saturated heterocycles. The zero-order valence-electron chi connectivity index (χ0n) is 11.3. The van der Waals surface area contributed by atoms with Gasteiger partial charge in [0.2, 0.25) is 5.91 Å². The summed E-state index contributed by atoms with van der Waals surface area (Å²) in [5.74, 6) is -0.181. The molecule has 0 aromatic heterocycles. The number of urea groups is 1. The van der Waals surface area contributed by atoms with Crippen LogP contribution in [0.2, 0.25) is 0 Å². The highest BCUT2D eigenvalue weighted by Crippen LogP contribution is 2.05. The van der Waals surface area contributed by atoms with Gasteiger partial charge < -0.3 is 20.3 Å². The van der Waals surface area contributed by atoms with Crippen molar-refractivity contribution in [2.24, 2.45) is 0 Å². The molecule has 0 unspecified atom stereocenters. The first-order chi connectivity index (χ1) is 7.72. The Labute approximate surface area is 103 Å². The van der Waals surface area contributed by atoms with E-state index in [-0.39, 0.29) is 24.1 Å². The lowest BCUT2D eigenvalue weighted by Gasteiger charge is -2.19. The maximum atomic E-state index is 11.3. The number of rotatable bonds is 5. The van der Waals surface area contributed by atoms with Gasteiger partial charge in [-0.25, -0.2) is 4.79 Å². The lowest BCUT2D eigenvalue weighted by Crippen LogP contribution is -2.40. The number of amides is 3. The minimum Gasteiger partial charge on any atom is -0.366 e. The fourth-order valence-electron chi connectivity index (χ4n) is 0.863. The molecule has 17 heavy (non-hydrogen) atoms. The normalized spacial score (nSPS) is 10.9. The van der Waals surface area contributed by atoms with Gasteiger partial charge in [0.1, 0.15) is 6.61 Å². The Morgan fingerprint density at radius 1 is 1.12 bits per heavy atom. The Kier molecular flexibility index (Phi) is 6.57. The summed E-state index contributed by atoms with van der Waals surface area (Å²) in [6.45, 7) is 6.49. The van der Waals surface area contributed by atoms with Gasteiger partial charge >= 0.3 is 6.03 Å². The van der Waals surface area contributed by atoms with E-state index in [1.165, 1.54) is 4.90 Å². The SMILES string of the molecule is CN(C)C(=O)NCCNC(=O)COC(C)(C)C. The van der Waals surface area contributed by atoms with Crippen molar-refractivity contribution in [3.05, 3.63) is 0 Å². The molecule has 0 saturated carbocycles. The van der Waals surface area contributed by atoms with Gasteiger partial charge in [-0.1, -0.05) is 0 Å². The Balaban J connectivity index is 3.56. The predicted octanol–water partition coefficient (Wildman–Crippen LogP) is 0.189. The molecule has 0 spiro atoms. The van der Waals surface area contributed by atoms with Gasteiger partial charge in [0.25, 0.3) is 0 Å². The average molecular weight is 245 g/mol. The topological polar surface area (TPSA) is 70.7 Å². The molecule has 0 atom stereocenters. The minimum absolute atomic E-state index is 0.0329.